The Balaban J connectivity index is 2.21. The van der Waals surface area contributed by atoms with Crippen LogP contribution in [0.15, 0.2) is 0 Å². The summed E-state index contributed by atoms with van der Waals surface area (Å²) in [4.78, 5) is 2.14. The SMILES string of the molecule is CCc1nnc(N(C)CC2CC(O)C2)c(CN)c1CC. The first-order chi connectivity index (χ1) is 9.60. The first-order valence-corrected chi connectivity index (χ1v) is 7.57. The van der Waals surface area contributed by atoms with Crippen molar-refractivity contribution in [1.29, 1.82) is 0 Å². The van der Waals surface area contributed by atoms with Gasteiger partial charge in [0.05, 0.1) is 11.8 Å². The van der Waals surface area contributed by atoms with Gasteiger partial charge in [0.2, 0.25) is 0 Å². The first kappa shape index (κ1) is 15.2. The number of aromatic nitrogens is 2. The van der Waals surface area contributed by atoms with Gasteiger partial charge in [-0.2, -0.15) is 5.10 Å². The molecule has 0 amide bonds. The number of rotatable bonds is 6. The number of hydrogen-bond donors (Lipinski definition) is 2. The molecule has 1 aliphatic carbocycles. The number of nitrogens with zero attached hydrogens (tertiary/aromatic N) is 3. The Morgan fingerprint density at radius 1 is 1.20 bits per heavy atom. The highest BCUT2D eigenvalue weighted by Crippen LogP contribution is 2.30. The molecule has 0 saturated heterocycles. The highest BCUT2D eigenvalue weighted by molar-refractivity contribution is 5.51. The van der Waals surface area contributed by atoms with Crippen LogP contribution in [-0.2, 0) is 19.4 Å². The molecule has 20 heavy (non-hydrogen) atoms. The van der Waals surface area contributed by atoms with Crippen molar-refractivity contribution in [2.45, 2.75) is 52.2 Å². The lowest BCUT2D eigenvalue weighted by Crippen LogP contribution is -2.38. The van der Waals surface area contributed by atoms with Gasteiger partial charge >= 0.3 is 0 Å². The lowest BCUT2D eigenvalue weighted by molar-refractivity contribution is 0.0464. The van der Waals surface area contributed by atoms with Crippen molar-refractivity contribution >= 4 is 5.82 Å². The molecule has 5 nitrogen and oxygen atoms in total. The van der Waals surface area contributed by atoms with Crippen LogP contribution in [0.1, 0.15) is 43.5 Å². The Labute approximate surface area is 121 Å². The highest BCUT2D eigenvalue weighted by Gasteiger charge is 2.29. The predicted octanol–water partition coefficient (Wildman–Crippen LogP) is 1.27. The van der Waals surface area contributed by atoms with Crippen LogP contribution in [0.4, 0.5) is 5.82 Å². The standard InChI is InChI=1S/C15H26N4O/c1-4-12-13(8-16)15(18-17-14(12)5-2)19(3)9-10-6-11(20)7-10/h10-11,20H,4-9,16H2,1-3H3. The Morgan fingerprint density at radius 3 is 2.40 bits per heavy atom. The van der Waals surface area contributed by atoms with E-state index in [0.717, 1.165) is 49.3 Å². The van der Waals surface area contributed by atoms with E-state index in [-0.39, 0.29) is 6.10 Å². The molecular weight excluding hydrogens is 252 g/mol. The van der Waals surface area contributed by atoms with Crippen LogP contribution in [0.25, 0.3) is 0 Å². The zero-order valence-electron chi connectivity index (χ0n) is 12.8. The summed E-state index contributed by atoms with van der Waals surface area (Å²) < 4.78 is 0. The van der Waals surface area contributed by atoms with E-state index in [1.165, 1.54) is 5.56 Å². The summed E-state index contributed by atoms with van der Waals surface area (Å²) in [6.45, 7) is 5.65. The van der Waals surface area contributed by atoms with E-state index in [1.54, 1.807) is 0 Å². The second kappa shape index (κ2) is 6.50. The van der Waals surface area contributed by atoms with Gasteiger partial charge in [-0.1, -0.05) is 13.8 Å². The van der Waals surface area contributed by atoms with Gasteiger partial charge in [-0.05, 0) is 37.2 Å². The van der Waals surface area contributed by atoms with Gasteiger partial charge in [0, 0.05) is 25.7 Å². The fourth-order valence-electron chi connectivity index (χ4n) is 3.08. The van der Waals surface area contributed by atoms with Crippen LogP contribution in [-0.4, -0.2) is 35.0 Å². The van der Waals surface area contributed by atoms with Crippen molar-refractivity contribution in [3.63, 3.8) is 0 Å². The van der Waals surface area contributed by atoms with Crippen LogP contribution in [0.3, 0.4) is 0 Å². The number of nitrogens with two attached hydrogens (primary N) is 1. The van der Waals surface area contributed by atoms with Crippen molar-refractivity contribution in [3.05, 3.63) is 16.8 Å². The summed E-state index contributed by atoms with van der Waals surface area (Å²) in [6, 6.07) is 0. The second-order valence-electron chi connectivity index (χ2n) is 5.71. The topological polar surface area (TPSA) is 75.3 Å². The Kier molecular flexibility index (Phi) is 4.94. The molecular formula is C15H26N4O. The molecule has 3 N–H and O–H groups in total. The van der Waals surface area contributed by atoms with Gasteiger partial charge in [-0.3, -0.25) is 0 Å². The van der Waals surface area contributed by atoms with Gasteiger partial charge in [0.15, 0.2) is 5.82 Å². The van der Waals surface area contributed by atoms with Gasteiger partial charge in [0.25, 0.3) is 0 Å². The summed E-state index contributed by atoms with van der Waals surface area (Å²) in [5.41, 5.74) is 9.39. The van der Waals surface area contributed by atoms with Gasteiger partial charge < -0.3 is 15.7 Å². The van der Waals surface area contributed by atoms with Crippen molar-refractivity contribution in [1.82, 2.24) is 10.2 Å². The number of hydrogen-bond acceptors (Lipinski definition) is 5. The van der Waals surface area contributed by atoms with Crippen LogP contribution in [0.5, 0.6) is 0 Å². The monoisotopic (exact) mass is 278 g/mol. The van der Waals surface area contributed by atoms with E-state index in [4.69, 9.17) is 5.73 Å². The third-order valence-corrected chi connectivity index (χ3v) is 4.24. The average Bonchev–Trinajstić information content (AvgIpc) is 2.43. The van der Waals surface area contributed by atoms with E-state index in [0.29, 0.717) is 12.5 Å². The van der Waals surface area contributed by atoms with Crippen LogP contribution in [0, 0.1) is 5.92 Å². The number of aryl methyl sites for hydroxylation is 1. The predicted molar refractivity (Wildman–Crippen MR) is 80.7 cm³/mol. The summed E-state index contributed by atoms with van der Waals surface area (Å²) in [5.74, 6) is 1.46. The number of aliphatic hydroxyl groups is 1. The zero-order chi connectivity index (χ0) is 14.7. The lowest BCUT2D eigenvalue weighted by atomic mass is 9.82. The quantitative estimate of drug-likeness (QED) is 0.819. The second-order valence-corrected chi connectivity index (χ2v) is 5.71. The maximum Gasteiger partial charge on any atom is 0.155 e. The molecule has 1 saturated carbocycles. The van der Waals surface area contributed by atoms with Crippen molar-refractivity contribution < 1.29 is 5.11 Å². The number of anilines is 1. The smallest absolute Gasteiger partial charge is 0.155 e. The van der Waals surface area contributed by atoms with E-state index in [9.17, 15) is 5.11 Å². The molecule has 0 spiro atoms. The zero-order valence-corrected chi connectivity index (χ0v) is 12.8. The van der Waals surface area contributed by atoms with E-state index in [1.807, 2.05) is 7.05 Å². The van der Waals surface area contributed by atoms with Crippen LogP contribution >= 0.6 is 0 Å². The fourth-order valence-corrected chi connectivity index (χ4v) is 3.08. The Bertz CT molecular complexity index is 457. The molecule has 1 aliphatic rings. The molecule has 1 heterocycles. The van der Waals surface area contributed by atoms with Gasteiger partial charge in [0.1, 0.15) is 0 Å². The van der Waals surface area contributed by atoms with Crippen molar-refractivity contribution in [3.8, 4) is 0 Å². The van der Waals surface area contributed by atoms with Gasteiger partial charge in [-0.15, -0.1) is 5.10 Å². The molecule has 112 valence electrons. The highest BCUT2D eigenvalue weighted by atomic mass is 16.3. The van der Waals surface area contributed by atoms with Crippen molar-refractivity contribution in [2.24, 2.45) is 11.7 Å². The summed E-state index contributed by atoms with van der Waals surface area (Å²) in [7, 11) is 2.04. The summed E-state index contributed by atoms with van der Waals surface area (Å²) >= 11 is 0. The molecule has 0 aromatic carbocycles. The Morgan fingerprint density at radius 2 is 1.90 bits per heavy atom. The minimum Gasteiger partial charge on any atom is -0.393 e. The molecule has 0 atom stereocenters. The molecule has 0 radical (unpaired) electrons. The maximum atomic E-state index is 9.39. The van der Waals surface area contributed by atoms with E-state index < -0.39 is 0 Å². The van der Waals surface area contributed by atoms with Crippen LogP contribution < -0.4 is 10.6 Å². The molecule has 0 bridgehead atoms. The minimum atomic E-state index is -0.109. The van der Waals surface area contributed by atoms with Gasteiger partial charge in [-0.25, -0.2) is 0 Å². The third kappa shape index (κ3) is 2.94. The molecule has 5 heteroatoms. The molecule has 0 aliphatic heterocycles. The molecule has 2 rings (SSSR count). The minimum absolute atomic E-state index is 0.109. The first-order valence-electron chi connectivity index (χ1n) is 7.57. The lowest BCUT2D eigenvalue weighted by Gasteiger charge is -2.35. The largest absolute Gasteiger partial charge is 0.393 e. The number of aliphatic hydroxyl groups excluding tert-OH is 1. The third-order valence-electron chi connectivity index (χ3n) is 4.24. The fraction of sp³-hybridized carbons (Fsp3) is 0.733. The summed E-state index contributed by atoms with van der Waals surface area (Å²) in [6.07, 6.45) is 3.50. The molecule has 1 aromatic heterocycles. The molecule has 1 aromatic rings. The van der Waals surface area contributed by atoms with E-state index >= 15 is 0 Å². The maximum absolute atomic E-state index is 9.39. The Hall–Kier alpha value is -1.20. The van der Waals surface area contributed by atoms with E-state index in [2.05, 4.69) is 28.9 Å². The molecule has 1 fully saturated rings. The van der Waals surface area contributed by atoms with Crippen LogP contribution in [0.2, 0.25) is 0 Å². The molecule has 0 unspecified atom stereocenters. The normalized spacial score (nSPS) is 21.6. The average molecular weight is 278 g/mol. The summed E-state index contributed by atoms with van der Waals surface area (Å²) in [5, 5.41) is 18.1. The van der Waals surface area contributed by atoms with Crippen molar-refractivity contribution in [2.75, 3.05) is 18.5 Å².